The van der Waals surface area contributed by atoms with E-state index in [4.69, 9.17) is 4.74 Å². The van der Waals surface area contributed by atoms with Gasteiger partial charge in [-0.15, -0.1) is 0 Å². The highest BCUT2D eigenvalue weighted by molar-refractivity contribution is 5.84. The Bertz CT molecular complexity index is 795. The number of carbonyl (C=O) groups excluding carboxylic acids is 1. The normalized spacial score (nSPS) is 23.1. The van der Waals surface area contributed by atoms with Gasteiger partial charge in [-0.3, -0.25) is 14.7 Å². The molecule has 0 N–H and O–H groups in total. The Morgan fingerprint density at radius 3 is 2.74 bits per heavy atom. The van der Waals surface area contributed by atoms with Crippen molar-refractivity contribution in [1.82, 2.24) is 14.8 Å². The third kappa shape index (κ3) is 3.83. The number of carbonyl (C=O) groups is 1. The first-order chi connectivity index (χ1) is 13.2. The Labute approximate surface area is 161 Å². The van der Waals surface area contributed by atoms with Crippen LogP contribution < -0.4 is 4.74 Å². The van der Waals surface area contributed by atoms with Crippen molar-refractivity contribution in [1.29, 1.82) is 0 Å². The average Bonchev–Trinajstić information content (AvgIpc) is 3.10. The highest BCUT2D eigenvalue weighted by Gasteiger charge is 2.48. The molecule has 142 valence electrons. The minimum atomic E-state index is -0.204. The van der Waals surface area contributed by atoms with E-state index in [-0.39, 0.29) is 5.41 Å². The van der Waals surface area contributed by atoms with Crippen LogP contribution in [0.2, 0.25) is 0 Å². The number of benzene rings is 1. The van der Waals surface area contributed by atoms with Crippen LogP contribution in [0.4, 0.5) is 0 Å². The smallest absolute Gasteiger partial charge is 0.230 e. The van der Waals surface area contributed by atoms with Gasteiger partial charge in [-0.1, -0.05) is 12.1 Å². The van der Waals surface area contributed by atoms with Gasteiger partial charge in [0.25, 0.3) is 0 Å². The van der Waals surface area contributed by atoms with Crippen molar-refractivity contribution in [3.05, 3.63) is 59.9 Å². The zero-order valence-corrected chi connectivity index (χ0v) is 15.9. The van der Waals surface area contributed by atoms with Crippen LogP contribution in [0.25, 0.3) is 0 Å². The summed E-state index contributed by atoms with van der Waals surface area (Å²) in [6.07, 6.45) is 6.73. The van der Waals surface area contributed by atoms with E-state index >= 15 is 0 Å². The second kappa shape index (κ2) is 7.69. The lowest BCUT2D eigenvalue weighted by Gasteiger charge is -2.39. The van der Waals surface area contributed by atoms with Gasteiger partial charge in [-0.2, -0.15) is 0 Å². The van der Waals surface area contributed by atoms with Gasteiger partial charge in [0.05, 0.1) is 12.5 Å². The number of ether oxygens (including phenoxy) is 1. The average molecular weight is 365 g/mol. The molecule has 4 rings (SSSR count). The van der Waals surface area contributed by atoms with Gasteiger partial charge >= 0.3 is 0 Å². The predicted octanol–water partition coefficient (Wildman–Crippen LogP) is 3.10. The Morgan fingerprint density at radius 1 is 1.07 bits per heavy atom. The van der Waals surface area contributed by atoms with Crippen LogP contribution in [0.5, 0.6) is 5.75 Å². The number of hydrogen-bond donors (Lipinski definition) is 0. The molecule has 2 aliphatic heterocycles. The lowest BCUT2D eigenvalue weighted by molar-refractivity contribution is -0.146. The minimum Gasteiger partial charge on any atom is -0.497 e. The summed E-state index contributed by atoms with van der Waals surface area (Å²) in [6, 6.07) is 12.1. The molecule has 1 aromatic heterocycles. The van der Waals surface area contributed by atoms with Crippen LogP contribution in [-0.2, 0) is 17.9 Å². The van der Waals surface area contributed by atoms with Crippen molar-refractivity contribution in [2.75, 3.05) is 26.7 Å². The molecule has 0 saturated carbocycles. The second-order valence-corrected chi connectivity index (χ2v) is 7.78. The lowest BCUT2D eigenvalue weighted by Crippen LogP contribution is -2.49. The van der Waals surface area contributed by atoms with E-state index in [1.165, 1.54) is 5.56 Å². The zero-order chi connectivity index (χ0) is 18.7. The SMILES string of the molecule is COc1cccc(CN2CCCC3(CCN(Cc4ccncc4)C3)C2=O)c1. The molecular formula is C22H27N3O2. The largest absolute Gasteiger partial charge is 0.497 e. The molecule has 1 atom stereocenters. The third-order valence-corrected chi connectivity index (χ3v) is 5.92. The minimum absolute atomic E-state index is 0.204. The van der Waals surface area contributed by atoms with E-state index in [1.54, 1.807) is 7.11 Å². The molecule has 1 unspecified atom stereocenters. The predicted molar refractivity (Wildman–Crippen MR) is 104 cm³/mol. The highest BCUT2D eigenvalue weighted by Crippen LogP contribution is 2.41. The summed E-state index contributed by atoms with van der Waals surface area (Å²) in [5.74, 6) is 1.17. The number of hydrogen-bond acceptors (Lipinski definition) is 4. The van der Waals surface area contributed by atoms with E-state index in [1.807, 2.05) is 35.5 Å². The van der Waals surface area contributed by atoms with Gasteiger partial charge in [0, 0.05) is 38.6 Å². The number of likely N-dealkylation sites (tertiary alicyclic amines) is 2. The Balaban J connectivity index is 1.43. The van der Waals surface area contributed by atoms with Crippen LogP contribution in [0.1, 0.15) is 30.4 Å². The van der Waals surface area contributed by atoms with Gasteiger partial charge in [0.1, 0.15) is 5.75 Å². The summed E-state index contributed by atoms with van der Waals surface area (Å²) in [7, 11) is 1.68. The molecule has 2 aromatic rings. The summed E-state index contributed by atoms with van der Waals surface area (Å²) in [4.78, 5) is 21.9. The fourth-order valence-corrected chi connectivity index (χ4v) is 4.51. The topological polar surface area (TPSA) is 45.7 Å². The van der Waals surface area contributed by atoms with Crippen LogP contribution in [0, 0.1) is 5.41 Å². The molecule has 3 heterocycles. The zero-order valence-electron chi connectivity index (χ0n) is 15.9. The fourth-order valence-electron chi connectivity index (χ4n) is 4.51. The molecule has 1 amide bonds. The first-order valence-corrected chi connectivity index (χ1v) is 9.72. The second-order valence-electron chi connectivity index (χ2n) is 7.78. The summed E-state index contributed by atoms with van der Waals surface area (Å²) in [6.45, 7) is 4.27. The number of aromatic nitrogens is 1. The maximum absolute atomic E-state index is 13.4. The monoisotopic (exact) mass is 365 g/mol. The first-order valence-electron chi connectivity index (χ1n) is 9.72. The summed E-state index contributed by atoms with van der Waals surface area (Å²) < 4.78 is 5.32. The van der Waals surface area contributed by atoms with Gasteiger partial charge in [-0.05, 0) is 61.2 Å². The van der Waals surface area contributed by atoms with Crippen molar-refractivity contribution in [2.24, 2.45) is 5.41 Å². The molecule has 5 heteroatoms. The molecule has 0 aliphatic carbocycles. The summed E-state index contributed by atoms with van der Waals surface area (Å²) >= 11 is 0. The Hall–Kier alpha value is -2.40. The highest BCUT2D eigenvalue weighted by atomic mass is 16.5. The van der Waals surface area contributed by atoms with Gasteiger partial charge in [0.2, 0.25) is 5.91 Å². The molecule has 27 heavy (non-hydrogen) atoms. The molecule has 0 radical (unpaired) electrons. The van der Waals surface area contributed by atoms with Crippen LogP contribution in [-0.4, -0.2) is 47.4 Å². The van der Waals surface area contributed by atoms with Crippen LogP contribution in [0.3, 0.4) is 0 Å². The van der Waals surface area contributed by atoms with Crippen molar-refractivity contribution >= 4 is 5.91 Å². The van der Waals surface area contributed by atoms with E-state index < -0.39 is 0 Å². The summed E-state index contributed by atoms with van der Waals surface area (Å²) in [5.41, 5.74) is 2.19. The maximum atomic E-state index is 13.4. The maximum Gasteiger partial charge on any atom is 0.230 e. The van der Waals surface area contributed by atoms with Crippen LogP contribution in [0.15, 0.2) is 48.8 Å². The number of methoxy groups -OCH3 is 1. The van der Waals surface area contributed by atoms with Gasteiger partial charge < -0.3 is 9.64 Å². The third-order valence-electron chi connectivity index (χ3n) is 5.92. The van der Waals surface area contributed by atoms with E-state index in [0.29, 0.717) is 12.5 Å². The van der Waals surface area contributed by atoms with Crippen molar-refractivity contribution in [3.63, 3.8) is 0 Å². The number of pyridine rings is 1. The van der Waals surface area contributed by atoms with Gasteiger partial charge in [0.15, 0.2) is 0 Å². The Kier molecular flexibility index (Phi) is 5.12. The molecule has 2 fully saturated rings. The molecule has 0 bridgehead atoms. The van der Waals surface area contributed by atoms with E-state index in [0.717, 1.165) is 56.8 Å². The number of nitrogens with zero attached hydrogens (tertiary/aromatic N) is 3. The molecular weight excluding hydrogens is 338 g/mol. The molecule has 5 nitrogen and oxygen atoms in total. The number of piperidine rings is 1. The molecule has 2 aliphatic rings. The lowest BCUT2D eigenvalue weighted by atomic mass is 9.78. The van der Waals surface area contributed by atoms with Crippen molar-refractivity contribution < 1.29 is 9.53 Å². The van der Waals surface area contributed by atoms with E-state index in [2.05, 4.69) is 28.1 Å². The molecule has 1 spiro atoms. The standard InChI is InChI=1S/C22H27N3O2/c1-27-20-5-2-4-19(14-20)16-25-12-3-8-22(21(25)26)9-13-24(17-22)15-18-6-10-23-11-7-18/h2,4-7,10-11,14H,3,8-9,12-13,15-17H2,1H3. The van der Waals surface area contributed by atoms with Crippen LogP contribution >= 0.6 is 0 Å². The fraction of sp³-hybridized carbons (Fsp3) is 0.455. The Morgan fingerprint density at radius 2 is 1.93 bits per heavy atom. The summed E-state index contributed by atoms with van der Waals surface area (Å²) in [5, 5.41) is 0. The first kappa shape index (κ1) is 18.0. The quantitative estimate of drug-likeness (QED) is 0.817. The molecule has 1 aromatic carbocycles. The van der Waals surface area contributed by atoms with Gasteiger partial charge in [-0.25, -0.2) is 0 Å². The van der Waals surface area contributed by atoms with E-state index in [9.17, 15) is 4.79 Å². The number of rotatable bonds is 5. The molecule has 2 saturated heterocycles. The number of amides is 1. The van der Waals surface area contributed by atoms with Crippen molar-refractivity contribution in [2.45, 2.75) is 32.4 Å². The van der Waals surface area contributed by atoms with Crippen molar-refractivity contribution in [3.8, 4) is 5.75 Å².